The molecular formula is C15H15N3O. The molecule has 1 fully saturated rings. The molecule has 3 heterocycles. The second kappa shape index (κ2) is 4.46. The molecule has 1 aliphatic rings. The fourth-order valence-corrected chi connectivity index (χ4v) is 2.84. The first-order valence-electron chi connectivity index (χ1n) is 6.32. The Morgan fingerprint density at radius 2 is 1.47 bits per heavy atom. The van der Waals surface area contributed by atoms with Crippen LogP contribution in [0.25, 0.3) is 0 Å². The predicted octanol–water partition coefficient (Wildman–Crippen LogP) is 1.62. The quantitative estimate of drug-likeness (QED) is 0.817. The van der Waals surface area contributed by atoms with Crippen LogP contribution in [-0.4, -0.2) is 34.4 Å². The molecule has 4 nitrogen and oxygen atoms in total. The van der Waals surface area contributed by atoms with Gasteiger partial charge >= 0.3 is 0 Å². The van der Waals surface area contributed by atoms with Crippen molar-refractivity contribution in [2.45, 2.75) is 11.8 Å². The molecule has 0 aromatic carbocycles. The van der Waals surface area contributed by atoms with Gasteiger partial charge < -0.3 is 4.90 Å². The van der Waals surface area contributed by atoms with Gasteiger partial charge in [0.2, 0.25) is 5.91 Å². The minimum Gasteiger partial charge on any atom is -0.345 e. The standard InChI is InChI=1S/C15H15N3O/c1-18-11-6-15(14(18)19,12-2-7-16-8-3-12)13-4-9-17-10-5-13/h2-5,7-10H,6,11H2,1H3. The highest BCUT2D eigenvalue weighted by Crippen LogP contribution is 2.40. The number of carbonyl (C=O) groups is 1. The van der Waals surface area contributed by atoms with Crippen molar-refractivity contribution < 1.29 is 4.79 Å². The molecule has 4 heteroatoms. The van der Waals surface area contributed by atoms with Crippen LogP contribution in [0.5, 0.6) is 0 Å². The fraction of sp³-hybridized carbons (Fsp3) is 0.267. The molecule has 1 saturated heterocycles. The molecule has 0 atom stereocenters. The highest BCUT2D eigenvalue weighted by molar-refractivity contribution is 5.93. The second-order valence-electron chi connectivity index (χ2n) is 4.85. The largest absolute Gasteiger partial charge is 0.345 e. The Morgan fingerprint density at radius 3 is 1.84 bits per heavy atom. The first-order chi connectivity index (χ1) is 9.25. The van der Waals surface area contributed by atoms with Gasteiger partial charge in [-0.15, -0.1) is 0 Å². The third kappa shape index (κ3) is 1.71. The minimum atomic E-state index is -0.583. The van der Waals surface area contributed by atoms with E-state index in [2.05, 4.69) is 9.97 Å². The average molecular weight is 253 g/mol. The van der Waals surface area contributed by atoms with E-state index in [1.165, 1.54) is 0 Å². The van der Waals surface area contributed by atoms with Crippen LogP contribution in [0.3, 0.4) is 0 Å². The Hall–Kier alpha value is -2.23. The van der Waals surface area contributed by atoms with Crippen LogP contribution < -0.4 is 0 Å². The lowest BCUT2D eigenvalue weighted by Gasteiger charge is -2.28. The average Bonchev–Trinajstić information content (AvgIpc) is 2.78. The van der Waals surface area contributed by atoms with Crippen molar-refractivity contribution in [3.05, 3.63) is 60.2 Å². The third-order valence-corrected chi connectivity index (χ3v) is 3.88. The van der Waals surface area contributed by atoms with Gasteiger partial charge in [0.25, 0.3) is 0 Å². The number of amides is 1. The highest BCUT2D eigenvalue weighted by atomic mass is 16.2. The number of hydrogen-bond acceptors (Lipinski definition) is 3. The van der Waals surface area contributed by atoms with E-state index < -0.39 is 5.41 Å². The molecule has 19 heavy (non-hydrogen) atoms. The molecule has 0 aliphatic carbocycles. The third-order valence-electron chi connectivity index (χ3n) is 3.88. The van der Waals surface area contributed by atoms with E-state index in [1.807, 2.05) is 31.3 Å². The molecule has 96 valence electrons. The summed E-state index contributed by atoms with van der Waals surface area (Å²) < 4.78 is 0. The summed E-state index contributed by atoms with van der Waals surface area (Å²) in [5.74, 6) is 0.143. The van der Waals surface area contributed by atoms with Gasteiger partial charge in [0.1, 0.15) is 5.41 Å². The summed E-state index contributed by atoms with van der Waals surface area (Å²) in [6.07, 6.45) is 7.75. The van der Waals surface area contributed by atoms with Crippen LogP contribution in [0.15, 0.2) is 49.1 Å². The topological polar surface area (TPSA) is 46.1 Å². The molecule has 1 amide bonds. The van der Waals surface area contributed by atoms with Crippen molar-refractivity contribution in [3.63, 3.8) is 0 Å². The van der Waals surface area contributed by atoms with Gasteiger partial charge in [0.15, 0.2) is 0 Å². The zero-order valence-corrected chi connectivity index (χ0v) is 10.8. The molecule has 0 N–H and O–H groups in total. The number of likely N-dealkylation sites (N-methyl/N-ethyl adjacent to an activating group) is 1. The van der Waals surface area contributed by atoms with Crippen molar-refractivity contribution in [1.29, 1.82) is 0 Å². The van der Waals surface area contributed by atoms with E-state index >= 15 is 0 Å². The van der Waals surface area contributed by atoms with Crippen LogP contribution >= 0.6 is 0 Å². The van der Waals surface area contributed by atoms with E-state index in [0.717, 1.165) is 24.1 Å². The lowest BCUT2D eigenvalue weighted by molar-refractivity contribution is -0.130. The molecule has 0 saturated carbocycles. The van der Waals surface area contributed by atoms with Crippen LogP contribution in [0.2, 0.25) is 0 Å². The molecule has 0 spiro atoms. The van der Waals surface area contributed by atoms with Crippen LogP contribution in [0.1, 0.15) is 17.5 Å². The van der Waals surface area contributed by atoms with Crippen molar-refractivity contribution in [2.24, 2.45) is 0 Å². The van der Waals surface area contributed by atoms with Gasteiger partial charge in [0, 0.05) is 38.4 Å². The first-order valence-corrected chi connectivity index (χ1v) is 6.32. The van der Waals surface area contributed by atoms with Gasteiger partial charge in [-0.25, -0.2) is 0 Å². The summed E-state index contributed by atoms with van der Waals surface area (Å²) in [6.45, 7) is 0.767. The highest BCUT2D eigenvalue weighted by Gasteiger charge is 2.48. The zero-order valence-electron chi connectivity index (χ0n) is 10.8. The summed E-state index contributed by atoms with van der Waals surface area (Å²) in [5, 5.41) is 0. The summed E-state index contributed by atoms with van der Waals surface area (Å²) >= 11 is 0. The molecule has 0 unspecified atom stereocenters. The SMILES string of the molecule is CN1CCC(c2ccncc2)(c2ccncc2)C1=O. The Morgan fingerprint density at radius 1 is 1.00 bits per heavy atom. The molecule has 0 bridgehead atoms. The number of nitrogens with zero attached hydrogens (tertiary/aromatic N) is 3. The summed E-state index contributed by atoms with van der Waals surface area (Å²) in [6, 6.07) is 7.71. The van der Waals surface area contributed by atoms with Gasteiger partial charge in [-0.3, -0.25) is 14.8 Å². The van der Waals surface area contributed by atoms with Crippen molar-refractivity contribution in [1.82, 2.24) is 14.9 Å². The van der Waals surface area contributed by atoms with Crippen LogP contribution in [0, 0.1) is 0 Å². The molecular weight excluding hydrogens is 238 g/mol. The maximum absolute atomic E-state index is 12.7. The van der Waals surface area contributed by atoms with E-state index in [-0.39, 0.29) is 5.91 Å². The lowest BCUT2D eigenvalue weighted by atomic mass is 9.74. The first kappa shape index (κ1) is 11.8. The fourth-order valence-electron chi connectivity index (χ4n) is 2.84. The van der Waals surface area contributed by atoms with Crippen molar-refractivity contribution in [2.75, 3.05) is 13.6 Å². The van der Waals surface area contributed by atoms with Crippen LogP contribution in [-0.2, 0) is 10.2 Å². The van der Waals surface area contributed by atoms with Crippen molar-refractivity contribution in [3.8, 4) is 0 Å². The lowest BCUT2D eigenvalue weighted by Crippen LogP contribution is -2.37. The number of likely N-dealkylation sites (tertiary alicyclic amines) is 1. The Labute approximate surface area is 112 Å². The monoisotopic (exact) mass is 253 g/mol. The number of carbonyl (C=O) groups excluding carboxylic acids is 1. The Bertz CT molecular complexity index is 543. The van der Waals surface area contributed by atoms with Gasteiger partial charge in [-0.05, 0) is 41.8 Å². The number of hydrogen-bond donors (Lipinski definition) is 0. The van der Waals surface area contributed by atoms with Gasteiger partial charge in [0.05, 0.1) is 0 Å². The number of rotatable bonds is 2. The number of aromatic nitrogens is 2. The molecule has 3 rings (SSSR count). The maximum atomic E-state index is 12.7. The summed E-state index contributed by atoms with van der Waals surface area (Å²) in [5.41, 5.74) is 1.42. The maximum Gasteiger partial charge on any atom is 0.237 e. The Kier molecular flexibility index (Phi) is 2.78. The van der Waals surface area contributed by atoms with E-state index in [9.17, 15) is 4.79 Å². The second-order valence-corrected chi connectivity index (χ2v) is 4.85. The molecule has 2 aromatic heterocycles. The summed E-state index contributed by atoms with van der Waals surface area (Å²) in [7, 11) is 1.85. The molecule has 1 aliphatic heterocycles. The van der Waals surface area contributed by atoms with E-state index in [4.69, 9.17) is 0 Å². The predicted molar refractivity (Wildman–Crippen MR) is 71.5 cm³/mol. The molecule has 0 radical (unpaired) electrons. The normalized spacial score (nSPS) is 17.7. The zero-order chi connectivity index (χ0) is 13.3. The van der Waals surface area contributed by atoms with E-state index in [1.54, 1.807) is 29.7 Å². The molecule has 2 aromatic rings. The minimum absolute atomic E-state index is 0.143. The van der Waals surface area contributed by atoms with Crippen LogP contribution in [0.4, 0.5) is 0 Å². The Balaban J connectivity index is 2.21. The smallest absolute Gasteiger partial charge is 0.237 e. The van der Waals surface area contributed by atoms with E-state index in [0.29, 0.717) is 0 Å². The van der Waals surface area contributed by atoms with Crippen molar-refractivity contribution >= 4 is 5.91 Å². The summed E-state index contributed by atoms with van der Waals surface area (Å²) in [4.78, 5) is 22.6. The number of pyridine rings is 2. The van der Waals surface area contributed by atoms with Gasteiger partial charge in [-0.1, -0.05) is 0 Å². The van der Waals surface area contributed by atoms with Gasteiger partial charge in [-0.2, -0.15) is 0 Å².